The minimum absolute atomic E-state index is 0.239. The summed E-state index contributed by atoms with van der Waals surface area (Å²) in [5.41, 5.74) is 0.905. The normalized spacial score (nSPS) is 12.2. The van der Waals surface area contributed by atoms with Gasteiger partial charge in [0.2, 0.25) is 0 Å². The maximum absolute atomic E-state index is 13.2. The molecule has 1 unspecified atom stereocenters. The second-order valence-corrected chi connectivity index (χ2v) is 4.97. The first kappa shape index (κ1) is 13.2. The summed E-state index contributed by atoms with van der Waals surface area (Å²) < 4.78 is 13.2. The van der Waals surface area contributed by atoms with Crippen molar-refractivity contribution in [3.05, 3.63) is 35.1 Å². The number of alkyl halides is 1. The Morgan fingerprint density at radius 2 is 2.25 bits per heavy atom. The Morgan fingerprint density at radius 1 is 1.56 bits per heavy atom. The fourth-order valence-corrected chi connectivity index (χ4v) is 1.35. The quantitative estimate of drug-likeness (QED) is 0.848. The van der Waals surface area contributed by atoms with E-state index >= 15 is 0 Å². The summed E-state index contributed by atoms with van der Waals surface area (Å²) in [5.74, 6) is -0.588. The van der Waals surface area contributed by atoms with Gasteiger partial charge < -0.3 is 5.32 Å². The van der Waals surface area contributed by atoms with Gasteiger partial charge in [-0.2, -0.15) is 0 Å². The Labute approximate surface area is 103 Å². The summed E-state index contributed by atoms with van der Waals surface area (Å²) in [5, 5.41) is 2.74. The molecule has 0 aliphatic rings. The van der Waals surface area contributed by atoms with E-state index in [1.807, 2.05) is 6.92 Å². The SMILES string of the molecule is CCC(Br)CNC(=O)c1ccc(C)c(F)c1. The number of nitrogens with one attached hydrogen (secondary N) is 1. The Hall–Kier alpha value is -0.900. The van der Waals surface area contributed by atoms with Crippen molar-refractivity contribution >= 4 is 21.8 Å². The average molecular weight is 288 g/mol. The highest BCUT2D eigenvalue weighted by atomic mass is 79.9. The van der Waals surface area contributed by atoms with E-state index in [-0.39, 0.29) is 16.6 Å². The Kier molecular flexibility index (Phi) is 4.93. The van der Waals surface area contributed by atoms with Crippen LogP contribution in [-0.4, -0.2) is 17.3 Å². The van der Waals surface area contributed by atoms with Crippen molar-refractivity contribution in [2.75, 3.05) is 6.54 Å². The van der Waals surface area contributed by atoms with Crippen LogP contribution in [0, 0.1) is 12.7 Å². The fourth-order valence-electron chi connectivity index (χ4n) is 1.18. The predicted octanol–water partition coefficient (Wildman–Crippen LogP) is 3.04. The molecule has 0 fully saturated rings. The van der Waals surface area contributed by atoms with Crippen LogP contribution in [0.5, 0.6) is 0 Å². The molecule has 0 bridgehead atoms. The number of hydrogen-bond donors (Lipinski definition) is 1. The standard InChI is InChI=1S/C12H15BrFNO/c1-3-10(13)7-15-12(16)9-5-4-8(2)11(14)6-9/h4-6,10H,3,7H2,1-2H3,(H,15,16). The Morgan fingerprint density at radius 3 is 2.81 bits per heavy atom. The van der Waals surface area contributed by atoms with E-state index in [4.69, 9.17) is 0 Å². The van der Waals surface area contributed by atoms with Gasteiger partial charge in [-0.25, -0.2) is 4.39 Å². The van der Waals surface area contributed by atoms with Crippen LogP contribution in [0.3, 0.4) is 0 Å². The number of carbonyl (C=O) groups excluding carboxylic acids is 1. The molecule has 0 aromatic heterocycles. The van der Waals surface area contributed by atoms with Crippen molar-refractivity contribution < 1.29 is 9.18 Å². The van der Waals surface area contributed by atoms with Gasteiger partial charge in [-0.3, -0.25) is 4.79 Å². The van der Waals surface area contributed by atoms with E-state index in [9.17, 15) is 9.18 Å². The van der Waals surface area contributed by atoms with Gasteiger partial charge in [0.05, 0.1) is 0 Å². The first-order chi connectivity index (χ1) is 7.54. The van der Waals surface area contributed by atoms with E-state index in [1.54, 1.807) is 19.1 Å². The maximum Gasteiger partial charge on any atom is 0.251 e. The second kappa shape index (κ2) is 5.99. The summed E-state index contributed by atoms with van der Waals surface area (Å²) in [7, 11) is 0. The van der Waals surface area contributed by atoms with Gasteiger partial charge >= 0.3 is 0 Å². The third-order valence-electron chi connectivity index (χ3n) is 2.36. The fraction of sp³-hybridized carbons (Fsp3) is 0.417. The second-order valence-electron chi connectivity index (χ2n) is 3.68. The molecule has 0 aliphatic carbocycles. The summed E-state index contributed by atoms with van der Waals surface area (Å²) in [6.07, 6.45) is 0.933. The molecule has 0 spiro atoms. The summed E-state index contributed by atoms with van der Waals surface area (Å²) in [4.78, 5) is 11.9. The van der Waals surface area contributed by atoms with Gasteiger partial charge in [-0.15, -0.1) is 0 Å². The van der Waals surface area contributed by atoms with E-state index in [0.29, 0.717) is 17.7 Å². The zero-order valence-corrected chi connectivity index (χ0v) is 11.0. The zero-order chi connectivity index (χ0) is 12.1. The van der Waals surface area contributed by atoms with Gasteiger partial charge in [0.15, 0.2) is 0 Å². The predicted molar refractivity (Wildman–Crippen MR) is 66.5 cm³/mol. The summed E-state index contributed by atoms with van der Waals surface area (Å²) >= 11 is 3.42. The van der Waals surface area contributed by atoms with Gasteiger partial charge in [0.1, 0.15) is 5.82 Å². The molecule has 16 heavy (non-hydrogen) atoms. The third-order valence-corrected chi connectivity index (χ3v) is 3.33. The molecule has 1 aromatic carbocycles. The van der Waals surface area contributed by atoms with E-state index in [2.05, 4.69) is 21.2 Å². The summed E-state index contributed by atoms with van der Waals surface area (Å²) in [6.45, 7) is 4.24. The van der Waals surface area contributed by atoms with Crippen molar-refractivity contribution in [3.8, 4) is 0 Å². The maximum atomic E-state index is 13.2. The molecule has 0 saturated heterocycles. The number of amides is 1. The van der Waals surface area contributed by atoms with Gasteiger partial charge in [-0.1, -0.05) is 28.9 Å². The highest BCUT2D eigenvalue weighted by Crippen LogP contribution is 2.09. The van der Waals surface area contributed by atoms with Crippen LogP contribution in [0.1, 0.15) is 29.3 Å². The number of hydrogen-bond acceptors (Lipinski definition) is 1. The molecule has 0 radical (unpaired) electrons. The Bertz CT molecular complexity index is 381. The molecule has 1 rings (SSSR count). The van der Waals surface area contributed by atoms with E-state index in [1.165, 1.54) is 6.07 Å². The number of benzene rings is 1. The van der Waals surface area contributed by atoms with Crippen LogP contribution < -0.4 is 5.32 Å². The molecule has 0 heterocycles. The molecule has 2 nitrogen and oxygen atoms in total. The number of aryl methyl sites for hydroxylation is 1. The number of carbonyl (C=O) groups is 1. The molecular formula is C12H15BrFNO. The van der Waals surface area contributed by atoms with Gasteiger partial charge in [-0.05, 0) is 31.0 Å². The lowest BCUT2D eigenvalue weighted by atomic mass is 10.1. The molecule has 1 N–H and O–H groups in total. The lowest BCUT2D eigenvalue weighted by Gasteiger charge is -2.09. The van der Waals surface area contributed by atoms with Crippen LogP contribution in [0.15, 0.2) is 18.2 Å². The molecule has 88 valence electrons. The van der Waals surface area contributed by atoms with Crippen molar-refractivity contribution in [1.82, 2.24) is 5.32 Å². The van der Waals surface area contributed by atoms with Crippen molar-refractivity contribution in [3.63, 3.8) is 0 Å². The number of rotatable bonds is 4. The topological polar surface area (TPSA) is 29.1 Å². The largest absolute Gasteiger partial charge is 0.351 e. The molecule has 4 heteroatoms. The first-order valence-corrected chi connectivity index (χ1v) is 6.14. The van der Waals surface area contributed by atoms with Crippen molar-refractivity contribution in [2.45, 2.75) is 25.1 Å². The highest BCUT2D eigenvalue weighted by Gasteiger charge is 2.09. The minimum Gasteiger partial charge on any atom is -0.351 e. The molecular weight excluding hydrogens is 273 g/mol. The first-order valence-electron chi connectivity index (χ1n) is 5.23. The van der Waals surface area contributed by atoms with E-state index in [0.717, 1.165) is 6.42 Å². The summed E-state index contributed by atoms with van der Waals surface area (Å²) in [6, 6.07) is 4.50. The van der Waals surface area contributed by atoms with Crippen molar-refractivity contribution in [2.24, 2.45) is 0 Å². The lowest BCUT2D eigenvalue weighted by molar-refractivity contribution is 0.0953. The molecule has 0 aliphatic heterocycles. The molecule has 0 saturated carbocycles. The van der Waals surface area contributed by atoms with E-state index < -0.39 is 0 Å². The molecule has 1 aromatic rings. The number of halogens is 2. The van der Waals surface area contributed by atoms with Crippen LogP contribution >= 0.6 is 15.9 Å². The van der Waals surface area contributed by atoms with Crippen LogP contribution in [0.4, 0.5) is 4.39 Å². The smallest absolute Gasteiger partial charge is 0.251 e. The third kappa shape index (κ3) is 3.59. The molecule has 1 atom stereocenters. The van der Waals surface area contributed by atoms with Crippen LogP contribution in [0.25, 0.3) is 0 Å². The Balaban J connectivity index is 2.63. The van der Waals surface area contributed by atoms with Gasteiger partial charge in [0, 0.05) is 16.9 Å². The van der Waals surface area contributed by atoms with Crippen molar-refractivity contribution in [1.29, 1.82) is 0 Å². The monoisotopic (exact) mass is 287 g/mol. The highest BCUT2D eigenvalue weighted by molar-refractivity contribution is 9.09. The molecule has 1 amide bonds. The zero-order valence-electron chi connectivity index (χ0n) is 9.39. The van der Waals surface area contributed by atoms with Crippen LogP contribution in [0.2, 0.25) is 0 Å². The van der Waals surface area contributed by atoms with Crippen LogP contribution in [-0.2, 0) is 0 Å². The average Bonchev–Trinajstić information content (AvgIpc) is 2.29. The lowest BCUT2D eigenvalue weighted by Crippen LogP contribution is -2.29. The minimum atomic E-state index is -0.349. The van der Waals surface area contributed by atoms with Gasteiger partial charge in [0.25, 0.3) is 5.91 Å².